The van der Waals surface area contributed by atoms with Crippen LogP contribution in [-0.4, -0.2) is 13.0 Å². The van der Waals surface area contributed by atoms with Crippen molar-refractivity contribution in [1.82, 2.24) is 0 Å². The molecule has 0 unspecified atom stereocenters. The highest BCUT2D eigenvalue weighted by Gasteiger charge is 2.18. The zero-order valence-electron chi connectivity index (χ0n) is 16.5. The maximum atomic E-state index is 12.9. The number of furan rings is 1. The van der Waals surface area contributed by atoms with Crippen molar-refractivity contribution in [3.63, 3.8) is 0 Å². The van der Waals surface area contributed by atoms with Gasteiger partial charge in [0.15, 0.2) is 0 Å². The molecule has 1 N–H and O–H groups in total. The lowest BCUT2D eigenvalue weighted by Gasteiger charge is -2.08. The number of ether oxygens (including phenoxy) is 2. The predicted octanol–water partition coefficient (Wildman–Crippen LogP) is 5.99. The van der Waals surface area contributed by atoms with Crippen LogP contribution >= 0.6 is 11.3 Å². The Morgan fingerprint density at radius 2 is 1.87 bits per heavy atom. The molecule has 0 spiro atoms. The second-order valence-corrected chi connectivity index (χ2v) is 7.65. The first-order valence-electron chi connectivity index (χ1n) is 9.46. The Hall–Kier alpha value is -3.35. The monoisotopic (exact) mass is 419 g/mol. The molecule has 2 aromatic heterocycles. The van der Waals surface area contributed by atoms with Crippen LogP contribution in [0.1, 0.15) is 21.0 Å². The van der Waals surface area contributed by atoms with Crippen molar-refractivity contribution >= 4 is 22.9 Å². The second kappa shape index (κ2) is 9.43. The minimum absolute atomic E-state index is 0.201. The average Bonchev–Trinajstić information content (AvgIpc) is 3.45. The van der Waals surface area contributed by atoms with Gasteiger partial charge in [-0.05, 0) is 41.5 Å². The molecular formula is C24H21NO4S. The first-order chi connectivity index (χ1) is 14.7. The van der Waals surface area contributed by atoms with Crippen molar-refractivity contribution in [2.45, 2.75) is 13.2 Å². The molecular weight excluding hydrogens is 398 g/mol. The van der Waals surface area contributed by atoms with Crippen LogP contribution in [-0.2, 0) is 18.0 Å². The van der Waals surface area contributed by atoms with Gasteiger partial charge < -0.3 is 19.2 Å². The first-order valence-corrected chi connectivity index (χ1v) is 10.3. The number of benzene rings is 2. The van der Waals surface area contributed by atoms with E-state index < -0.39 is 0 Å². The van der Waals surface area contributed by atoms with Crippen LogP contribution in [0, 0.1) is 0 Å². The number of carbonyl (C=O) groups is 1. The van der Waals surface area contributed by atoms with Crippen LogP contribution in [0.2, 0.25) is 0 Å². The number of carbonyl (C=O) groups excluding carboxylic acids is 1. The number of nitrogens with one attached hydrogen (secondary N) is 1. The molecule has 30 heavy (non-hydrogen) atoms. The quantitative estimate of drug-likeness (QED) is 0.381. The predicted molar refractivity (Wildman–Crippen MR) is 118 cm³/mol. The minimum atomic E-state index is -0.201. The Morgan fingerprint density at radius 3 is 2.63 bits per heavy atom. The lowest BCUT2D eigenvalue weighted by atomic mass is 10.2. The summed E-state index contributed by atoms with van der Waals surface area (Å²) in [4.78, 5) is 14.4. The van der Waals surface area contributed by atoms with Gasteiger partial charge in [0.2, 0.25) is 0 Å². The van der Waals surface area contributed by atoms with E-state index in [2.05, 4.69) is 5.32 Å². The maximum Gasteiger partial charge on any atom is 0.269 e. The van der Waals surface area contributed by atoms with E-state index in [9.17, 15) is 4.79 Å². The van der Waals surface area contributed by atoms with Crippen molar-refractivity contribution in [2.24, 2.45) is 0 Å². The summed E-state index contributed by atoms with van der Waals surface area (Å²) in [6, 6.07) is 23.1. The van der Waals surface area contributed by atoms with Crippen LogP contribution in [0.4, 0.5) is 5.69 Å². The van der Waals surface area contributed by atoms with Crippen molar-refractivity contribution < 1.29 is 18.7 Å². The summed E-state index contributed by atoms with van der Waals surface area (Å²) in [5.41, 5.74) is 2.72. The Balaban J connectivity index is 1.44. The molecule has 4 rings (SSSR count). The molecule has 0 saturated carbocycles. The molecule has 5 nitrogen and oxygen atoms in total. The average molecular weight is 420 g/mol. The molecule has 0 bridgehead atoms. The Labute approximate surface area is 178 Å². The second-order valence-electron chi connectivity index (χ2n) is 6.60. The molecule has 152 valence electrons. The molecule has 4 aromatic rings. The number of hydrogen-bond acceptors (Lipinski definition) is 5. The van der Waals surface area contributed by atoms with Gasteiger partial charge in [0.1, 0.15) is 23.0 Å². The smallest absolute Gasteiger partial charge is 0.269 e. The van der Waals surface area contributed by atoms with Gasteiger partial charge in [0, 0.05) is 10.6 Å². The maximum absolute atomic E-state index is 12.9. The molecule has 0 saturated heterocycles. The third kappa shape index (κ3) is 4.79. The van der Waals surface area contributed by atoms with Gasteiger partial charge in [0.05, 0.1) is 20.0 Å². The fourth-order valence-electron chi connectivity index (χ4n) is 3.02. The van der Waals surface area contributed by atoms with Crippen molar-refractivity contribution in [3.05, 3.63) is 95.3 Å². The van der Waals surface area contributed by atoms with E-state index in [-0.39, 0.29) is 5.91 Å². The Morgan fingerprint density at radius 1 is 1.00 bits per heavy atom. The van der Waals surface area contributed by atoms with Crippen molar-refractivity contribution in [3.8, 4) is 16.2 Å². The van der Waals surface area contributed by atoms with E-state index in [1.807, 2.05) is 72.8 Å². The van der Waals surface area contributed by atoms with Crippen molar-refractivity contribution in [1.29, 1.82) is 0 Å². The molecule has 2 aromatic carbocycles. The molecule has 6 heteroatoms. The van der Waals surface area contributed by atoms with E-state index in [4.69, 9.17) is 13.9 Å². The third-order valence-corrected chi connectivity index (χ3v) is 5.62. The lowest BCUT2D eigenvalue weighted by molar-refractivity contribution is 0.0929. The number of anilines is 1. The zero-order valence-corrected chi connectivity index (χ0v) is 17.3. The summed E-state index contributed by atoms with van der Waals surface area (Å²) >= 11 is 1.41. The number of thiophene rings is 1. The molecule has 0 atom stereocenters. The molecule has 0 aliphatic carbocycles. The minimum Gasteiger partial charge on any atom is -0.495 e. The summed E-state index contributed by atoms with van der Waals surface area (Å²) in [6.45, 7) is 0.823. The number of methoxy groups -OCH3 is 1. The standard InChI is InChI=1S/C24H21NO4S/c1-27-21-14-22(18-8-3-2-4-9-18)30-23(21)24(26)25-19-10-5-7-17(13-19)15-28-16-20-11-6-12-29-20/h2-14H,15-16H2,1H3,(H,25,26). The van der Waals surface area contributed by atoms with Gasteiger partial charge in [-0.1, -0.05) is 42.5 Å². The summed E-state index contributed by atoms with van der Waals surface area (Å²) in [7, 11) is 1.57. The zero-order chi connectivity index (χ0) is 20.8. The number of amides is 1. The summed E-state index contributed by atoms with van der Waals surface area (Å²) in [6.07, 6.45) is 1.62. The van der Waals surface area contributed by atoms with E-state index in [0.29, 0.717) is 29.5 Å². The van der Waals surface area contributed by atoms with Crippen molar-refractivity contribution in [2.75, 3.05) is 12.4 Å². The van der Waals surface area contributed by atoms with Crippen LogP contribution in [0.15, 0.2) is 83.5 Å². The normalized spacial score (nSPS) is 10.7. The summed E-state index contributed by atoms with van der Waals surface area (Å²) < 4.78 is 16.4. The fraction of sp³-hybridized carbons (Fsp3) is 0.125. The van der Waals surface area contributed by atoms with Crippen LogP contribution < -0.4 is 10.1 Å². The fourth-order valence-corrected chi connectivity index (χ4v) is 4.05. The molecule has 1 amide bonds. The van der Waals surface area contributed by atoms with Gasteiger partial charge in [-0.25, -0.2) is 0 Å². The van der Waals surface area contributed by atoms with Crippen LogP contribution in [0.5, 0.6) is 5.75 Å². The molecule has 0 aliphatic rings. The van der Waals surface area contributed by atoms with Gasteiger partial charge in [-0.15, -0.1) is 11.3 Å². The Kier molecular flexibility index (Phi) is 6.27. The van der Waals surface area contributed by atoms with Crippen LogP contribution in [0.3, 0.4) is 0 Å². The van der Waals surface area contributed by atoms with Gasteiger partial charge >= 0.3 is 0 Å². The molecule has 0 aliphatic heterocycles. The van der Waals surface area contributed by atoms with Gasteiger partial charge in [-0.3, -0.25) is 4.79 Å². The third-order valence-electron chi connectivity index (χ3n) is 4.46. The SMILES string of the molecule is COc1cc(-c2ccccc2)sc1C(=O)Nc1cccc(COCc2ccco2)c1. The first kappa shape index (κ1) is 19.9. The Bertz CT molecular complexity index is 1100. The van der Waals surface area contributed by atoms with Gasteiger partial charge in [0.25, 0.3) is 5.91 Å². The lowest BCUT2D eigenvalue weighted by Crippen LogP contribution is -2.11. The highest BCUT2D eigenvalue weighted by Crippen LogP contribution is 2.36. The van der Waals surface area contributed by atoms with E-state index >= 15 is 0 Å². The summed E-state index contributed by atoms with van der Waals surface area (Å²) in [5, 5.41) is 2.96. The topological polar surface area (TPSA) is 60.7 Å². The molecule has 0 radical (unpaired) electrons. The van der Waals surface area contributed by atoms with E-state index in [0.717, 1.165) is 21.8 Å². The van der Waals surface area contributed by atoms with E-state index in [1.54, 1.807) is 13.4 Å². The van der Waals surface area contributed by atoms with E-state index in [1.165, 1.54) is 11.3 Å². The molecule has 0 fully saturated rings. The number of rotatable bonds is 8. The largest absolute Gasteiger partial charge is 0.495 e. The number of hydrogen-bond donors (Lipinski definition) is 1. The van der Waals surface area contributed by atoms with Gasteiger partial charge in [-0.2, -0.15) is 0 Å². The highest BCUT2D eigenvalue weighted by molar-refractivity contribution is 7.17. The highest BCUT2D eigenvalue weighted by atomic mass is 32.1. The summed E-state index contributed by atoms with van der Waals surface area (Å²) in [5.74, 6) is 1.14. The van der Waals surface area contributed by atoms with Crippen LogP contribution in [0.25, 0.3) is 10.4 Å². The molecule has 2 heterocycles.